The van der Waals surface area contributed by atoms with Crippen molar-refractivity contribution in [3.05, 3.63) is 35.1 Å². The fourth-order valence-corrected chi connectivity index (χ4v) is 1.89. The normalized spacial score (nSPS) is 10.3. The van der Waals surface area contributed by atoms with Crippen LogP contribution in [0, 0.1) is 0 Å². The lowest BCUT2D eigenvalue weighted by atomic mass is 10.1. The Balaban J connectivity index is 2.12. The summed E-state index contributed by atoms with van der Waals surface area (Å²) >= 11 is 5.84. The molecule has 0 saturated heterocycles. The Hall–Kier alpha value is -1.88. The molecule has 0 unspecified atom stereocenters. The van der Waals surface area contributed by atoms with Gasteiger partial charge in [-0.25, -0.2) is 0 Å². The zero-order valence-corrected chi connectivity index (χ0v) is 12.3. The van der Waals surface area contributed by atoms with Gasteiger partial charge in [0.1, 0.15) is 5.75 Å². The van der Waals surface area contributed by atoms with E-state index in [1.165, 1.54) is 5.56 Å². The number of hydrogen-bond donors (Lipinski definition) is 1. The van der Waals surface area contributed by atoms with Gasteiger partial charge in [0.25, 0.3) is 0 Å². The summed E-state index contributed by atoms with van der Waals surface area (Å²) in [6.07, 6.45) is 2.18. The monoisotopic (exact) mass is 292 g/mol. The summed E-state index contributed by atoms with van der Waals surface area (Å²) in [6.45, 7) is 4.80. The molecule has 0 radical (unpaired) electrons. The summed E-state index contributed by atoms with van der Waals surface area (Å²) in [6, 6.07) is 8.05. The van der Waals surface area contributed by atoms with Gasteiger partial charge in [0.05, 0.1) is 0 Å². The number of aromatic nitrogens is 3. The first kappa shape index (κ1) is 14.5. The summed E-state index contributed by atoms with van der Waals surface area (Å²) < 4.78 is 5.59. The van der Waals surface area contributed by atoms with Crippen LogP contribution in [0.5, 0.6) is 11.8 Å². The van der Waals surface area contributed by atoms with Crippen molar-refractivity contribution in [1.82, 2.24) is 15.0 Å². The van der Waals surface area contributed by atoms with Crippen molar-refractivity contribution in [2.45, 2.75) is 26.7 Å². The van der Waals surface area contributed by atoms with Crippen molar-refractivity contribution >= 4 is 17.5 Å². The molecule has 0 bridgehead atoms. The Morgan fingerprint density at radius 2 is 1.85 bits per heavy atom. The van der Waals surface area contributed by atoms with Crippen molar-refractivity contribution in [1.29, 1.82) is 0 Å². The lowest BCUT2D eigenvalue weighted by Crippen LogP contribution is -2.04. The van der Waals surface area contributed by atoms with E-state index in [9.17, 15) is 0 Å². The van der Waals surface area contributed by atoms with Crippen LogP contribution >= 0.6 is 11.6 Å². The standard InChI is InChI=1S/C14H17ClN4O/c1-3-5-10-6-8-11(9-7-10)20-14-18-12(15)17-13(19-14)16-4-2/h6-9H,3-5H2,1-2H3,(H,16,17,18,19). The molecule has 0 fully saturated rings. The van der Waals surface area contributed by atoms with Crippen LogP contribution in [0.2, 0.25) is 5.28 Å². The minimum Gasteiger partial charge on any atom is -0.424 e. The third-order valence-electron chi connectivity index (χ3n) is 2.59. The average Bonchev–Trinajstić information content (AvgIpc) is 2.41. The fraction of sp³-hybridized carbons (Fsp3) is 0.357. The number of nitrogens with one attached hydrogen (secondary N) is 1. The van der Waals surface area contributed by atoms with Crippen LogP contribution in [0.1, 0.15) is 25.8 Å². The molecule has 5 nitrogen and oxygen atoms in total. The van der Waals surface area contributed by atoms with E-state index < -0.39 is 0 Å². The van der Waals surface area contributed by atoms with Crippen molar-refractivity contribution in [2.24, 2.45) is 0 Å². The van der Waals surface area contributed by atoms with E-state index in [1.54, 1.807) is 0 Å². The van der Waals surface area contributed by atoms with Gasteiger partial charge in [-0.1, -0.05) is 25.5 Å². The number of anilines is 1. The highest BCUT2D eigenvalue weighted by Crippen LogP contribution is 2.20. The molecule has 0 atom stereocenters. The van der Waals surface area contributed by atoms with Crippen molar-refractivity contribution in [2.75, 3.05) is 11.9 Å². The molecule has 0 aliphatic rings. The van der Waals surface area contributed by atoms with Crippen LogP contribution in [0.3, 0.4) is 0 Å². The third-order valence-corrected chi connectivity index (χ3v) is 2.76. The van der Waals surface area contributed by atoms with Crippen molar-refractivity contribution in [3.63, 3.8) is 0 Å². The van der Waals surface area contributed by atoms with Crippen molar-refractivity contribution in [3.8, 4) is 11.8 Å². The molecule has 6 heteroatoms. The van der Waals surface area contributed by atoms with E-state index in [0.29, 0.717) is 18.2 Å². The van der Waals surface area contributed by atoms with E-state index in [2.05, 4.69) is 27.2 Å². The summed E-state index contributed by atoms with van der Waals surface area (Å²) in [7, 11) is 0. The second-order valence-corrected chi connectivity index (χ2v) is 4.58. The van der Waals surface area contributed by atoms with Crippen LogP contribution in [0.15, 0.2) is 24.3 Å². The largest absolute Gasteiger partial charge is 0.424 e. The molecule has 0 amide bonds. The van der Waals surface area contributed by atoms with Crippen molar-refractivity contribution < 1.29 is 4.74 Å². The molecule has 1 aromatic carbocycles. The minimum atomic E-state index is 0.105. The summed E-state index contributed by atoms with van der Waals surface area (Å²) in [5, 5.41) is 3.08. The van der Waals surface area contributed by atoms with Crippen LogP contribution in [0.25, 0.3) is 0 Å². The topological polar surface area (TPSA) is 59.9 Å². The Labute approximate surface area is 123 Å². The predicted octanol–water partition coefficient (Wildman–Crippen LogP) is 3.70. The molecule has 20 heavy (non-hydrogen) atoms. The van der Waals surface area contributed by atoms with E-state index in [0.717, 1.165) is 12.8 Å². The Morgan fingerprint density at radius 3 is 2.50 bits per heavy atom. The van der Waals surface area contributed by atoms with Crippen LogP contribution in [-0.4, -0.2) is 21.5 Å². The Morgan fingerprint density at radius 1 is 1.10 bits per heavy atom. The molecule has 2 aromatic rings. The number of nitrogens with zero attached hydrogens (tertiary/aromatic N) is 3. The van der Waals surface area contributed by atoms with E-state index >= 15 is 0 Å². The van der Waals surface area contributed by atoms with Gasteiger partial charge in [-0.05, 0) is 42.6 Å². The van der Waals surface area contributed by atoms with Gasteiger partial charge in [0, 0.05) is 6.54 Å². The quantitative estimate of drug-likeness (QED) is 0.879. The molecular weight excluding hydrogens is 276 g/mol. The molecule has 0 spiro atoms. The SMILES string of the molecule is CCCc1ccc(Oc2nc(Cl)nc(NCC)n2)cc1. The second kappa shape index (κ2) is 7.05. The van der Waals surface area contributed by atoms with Crippen LogP contribution in [-0.2, 0) is 6.42 Å². The maximum absolute atomic E-state index is 5.84. The van der Waals surface area contributed by atoms with Gasteiger partial charge in [-0.3, -0.25) is 0 Å². The number of ether oxygens (including phenoxy) is 1. The fourth-order valence-electron chi connectivity index (χ4n) is 1.73. The second-order valence-electron chi connectivity index (χ2n) is 4.24. The van der Waals surface area contributed by atoms with Crippen LogP contribution < -0.4 is 10.1 Å². The van der Waals surface area contributed by atoms with Gasteiger partial charge in [0.2, 0.25) is 11.2 Å². The molecular formula is C14H17ClN4O. The van der Waals surface area contributed by atoms with Gasteiger partial charge in [-0.15, -0.1) is 0 Å². The maximum Gasteiger partial charge on any atom is 0.328 e. The van der Waals surface area contributed by atoms with Gasteiger partial charge in [0.15, 0.2) is 0 Å². The zero-order valence-electron chi connectivity index (χ0n) is 11.6. The highest BCUT2D eigenvalue weighted by atomic mass is 35.5. The Bertz CT molecular complexity index is 560. The number of rotatable bonds is 6. The molecule has 106 valence electrons. The van der Waals surface area contributed by atoms with Gasteiger partial charge < -0.3 is 10.1 Å². The highest BCUT2D eigenvalue weighted by Gasteiger charge is 2.06. The van der Waals surface area contributed by atoms with E-state index in [4.69, 9.17) is 16.3 Å². The molecule has 1 heterocycles. The van der Waals surface area contributed by atoms with E-state index in [1.807, 2.05) is 31.2 Å². The molecule has 0 aliphatic carbocycles. The molecule has 1 aromatic heterocycles. The van der Waals surface area contributed by atoms with Gasteiger partial charge >= 0.3 is 6.01 Å². The first-order valence-corrected chi connectivity index (χ1v) is 7.01. The number of aryl methyl sites for hydroxylation is 1. The molecule has 1 N–H and O–H groups in total. The summed E-state index contributed by atoms with van der Waals surface area (Å²) in [4.78, 5) is 12.0. The number of hydrogen-bond acceptors (Lipinski definition) is 5. The highest BCUT2D eigenvalue weighted by molar-refractivity contribution is 6.28. The zero-order chi connectivity index (χ0) is 14.4. The lowest BCUT2D eigenvalue weighted by molar-refractivity contribution is 0.440. The number of halogens is 1. The summed E-state index contributed by atoms with van der Waals surface area (Å²) in [5.74, 6) is 1.08. The molecule has 0 saturated carbocycles. The van der Waals surface area contributed by atoms with E-state index in [-0.39, 0.29) is 11.3 Å². The first-order valence-electron chi connectivity index (χ1n) is 6.63. The minimum absolute atomic E-state index is 0.105. The van der Waals surface area contributed by atoms with Crippen LogP contribution in [0.4, 0.5) is 5.95 Å². The summed E-state index contributed by atoms with van der Waals surface area (Å²) in [5.41, 5.74) is 1.28. The molecule has 0 aliphatic heterocycles. The Kier molecular flexibility index (Phi) is 5.12. The first-order chi connectivity index (χ1) is 9.71. The number of benzene rings is 1. The van der Waals surface area contributed by atoms with Gasteiger partial charge in [-0.2, -0.15) is 15.0 Å². The predicted molar refractivity (Wildman–Crippen MR) is 79.5 cm³/mol. The third kappa shape index (κ3) is 4.06. The maximum atomic E-state index is 5.84. The lowest BCUT2D eigenvalue weighted by Gasteiger charge is -2.07. The smallest absolute Gasteiger partial charge is 0.328 e. The average molecular weight is 293 g/mol. The molecule has 2 rings (SSSR count).